The lowest BCUT2D eigenvalue weighted by atomic mass is 9.75. The number of likely N-dealkylation sites (N-methyl/N-ethyl adjacent to an activating group) is 2. The van der Waals surface area contributed by atoms with Gasteiger partial charge >= 0.3 is 0 Å². The lowest BCUT2D eigenvalue weighted by Gasteiger charge is -2.32. The third-order valence-electron chi connectivity index (χ3n) is 7.21. The number of rotatable bonds is 4. The van der Waals surface area contributed by atoms with Crippen LogP contribution in [-0.2, 0) is 41.5 Å². The fraction of sp³-hybridized carbons (Fsp3) is 0.417. The number of benzene rings is 1. The minimum Gasteiger partial charge on any atom is -0.496 e. The first-order valence-electron chi connectivity index (χ1n) is 10.7. The number of hydrogen-bond acceptors (Lipinski definition) is 8. The van der Waals surface area contributed by atoms with E-state index < -0.39 is 23.7 Å². The van der Waals surface area contributed by atoms with Gasteiger partial charge in [-0.2, -0.15) is 0 Å². The van der Waals surface area contributed by atoms with E-state index in [0.29, 0.717) is 33.8 Å². The first-order valence-corrected chi connectivity index (χ1v) is 10.7. The third kappa shape index (κ3) is 2.45. The summed E-state index contributed by atoms with van der Waals surface area (Å²) in [6.45, 7) is 0. The largest absolute Gasteiger partial charge is 0.496 e. The van der Waals surface area contributed by atoms with E-state index in [2.05, 4.69) is 0 Å². The Hall–Kier alpha value is -3.82. The summed E-state index contributed by atoms with van der Waals surface area (Å²) < 4.78 is 23.1. The molecule has 1 aromatic rings. The van der Waals surface area contributed by atoms with Crippen LogP contribution in [0.1, 0.15) is 22.3 Å². The zero-order chi connectivity index (χ0) is 24.6. The fourth-order valence-electron chi connectivity index (χ4n) is 5.69. The maximum atomic E-state index is 12.9. The molecule has 34 heavy (non-hydrogen) atoms. The van der Waals surface area contributed by atoms with Gasteiger partial charge in [0.05, 0.1) is 62.5 Å². The predicted octanol–water partition coefficient (Wildman–Crippen LogP) is 0.761. The van der Waals surface area contributed by atoms with Crippen molar-refractivity contribution in [2.45, 2.75) is 12.8 Å². The van der Waals surface area contributed by atoms with Gasteiger partial charge in [0.25, 0.3) is 11.8 Å². The van der Waals surface area contributed by atoms with Crippen molar-refractivity contribution in [1.82, 2.24) is 9.80 Å². The molecule has 2 fully saturated rings. The smallest absolute Gasteiger partial charge is 0.260 e. The molecule has 4 amide bonds. The fourth-order valence-corrected chi connectivity index (χ4v) is 5.69. The van der Waals surface area contributed by atoms with Gasteiger partial charge in [-0.1, -0.05) is 0 Å². The van der Waals surface area contributed by atoms with Crippen LogP contribution in [0.4, 0.5) is 0 Å². The normalized spacial score (nSPS) is 23.2. The Morgan fingerprint density at radius 1 is 0.618 bits per heavy atom. The van der Waals surface area contributed by atoms with Gasteiger partial charge in [-0.15, -0.1) is 0 Å². The summed E-state index contributed by atoms with van der Waals surface area (Å²) in [5.74, 6) is -1.70. The molecule has 2 atom stereocenters. The molecule has 178 valence electrons. The van der Waals surface area contributed by atoms with Gasteiger partial charge in [0.2, 0.25) is 11.8 Å². The van der Waals surface area contributed by atoms with Crippen LogP contribution in [0.3, 0.4) is 0 Å². The molecule has 2 heterocycles. The third-order valence-corrected chi connectivity index (χ3v) is 7.21. The van der Waals surface area contributed by atoms with E-state index in [9.17, 15) is 19.2 Å². The first-order chi connectivity index (χ1) is 16.2. The Labute approximate surface area is 195 Å². The highest BCUT2D eigenvalue weighted by molar-refractivity contribution is 6.20. The van der Waals surface area contributed by atoms with E-state index in [1.54, 1.807) is 0 Å². The van der Waals surface area contributed by atoms with Crippen molar-refractivity contribution >= 4 is 35.1 Å². The molecule has 0 saturated carbocycles. The Kier molecular flexibility index (Phi) is 4.75. The van der Waals surface area contributed by atoms with Gasteiger partial charge in [-0.25, -0.2) is 0 Å². The topological polar surface area (TPSA) is 112 Å². The van der Waals surface area contributed by atoms with Crippen LogP contribution in [0.2, 0.25) is 0 Å². The second kappa shape index (κ2) is 7.34. The number of ether oxygens (including phenoxy) is 4. The molecule has 2 saturated heterocycles. The number of hydrogen-bond donors (Lipinski definition) is 0. The SMILES string of the molecule is COC1=C2C(=O)N(C)C(=O)C2Cc2c(OC)c3c(c(OC)c21)C(OC)=C1C(=O)N(C)C(=O)C1C3. The molecule has 4 aliphatic rings. The maximum Gasteiger partial charge on any atom is 0.260 e. The number of carbonyl (C=O) groups excluding carboxylic acids is 4. The highest BCUT2D eigenvalue weighted by atomic mass is 16.5. The molecule has 2 aliphatic carbocycles. The van der Waals surface area contributed by atoms with Gasteiger partial charge in [-0.05, 0) is 12.8 Å². The van der Waals surface area contributed by atoms with E-state index in [4.69, 9.17) is 18.9 Å². The summed E-state index contributed by atoms with van der Waals surface area (Å²) in [6, 6.07) is 0. The maximum absolute atomic E-state index is 12.9. The summed E-state index contributed by atoms with van der Waals surface area (Å²) in [5, 5.41) is 0. The molecule has 10 nitrogen and oxygen atoms in total. The average molecular weight is 468 g/mol. The number of fused-ring (bicyclic) bond motifs is 4. The van der Waals surface area contributed by atoms with Crippen LogP contribution in [0.25, 0.3) is 11.5 Å². The molecular weight excluding hydrogens is 444 g/mol. The molecular formula is C24H24N2O8. The summed E-state index contributed by atoms with van der Waals surface area (Å²) in [4.78, 5) is 53.7. The Balaban J connectivity index is 1.90. The number of imide groups is 2. The van der Waals surface area contributed by atoms with Crippen LogP contribution < -0.4 is 9.47 Å². The van der Waals surface area contributed by atoms with Gasteiger partial charge in [0.1, 0.15) is 23.0 Å². The van der Waals surface area contributed by atoms with Crippen molar-refractivity contribution in [3.63, 3.8) is 0 Å². The molecule has 0 spiro atoms. The summed E-state index contributed by atoms with van der Waals surface area (Å²) >= 11 is 0. The average Bonchev–Trinajstić information content (AvgIpc) is 3.19. The van der Waals surface area contributed by atoms with Crippen LogP contribution in [0.15, 0.2) is 11.1 Å². The molecule has 5 rings (SSSR count). The van der Waals surface area contributed by atoms with E-state index in [-0.39, 0.29) is 47.3 Å². The van der Waals surface area contributed by atoms with E-state index in [1.807, 2.05) is 0 Å². The zero-order valence-electron chi connectivity index (χ0n) is 19.7. The lowest BCUT2D eigenvalue weighted by Crippen LogP contribution is -2.28. The van der Waals surface area contributed by atoms with Crippen LogP contribution >= 0.6 is 0 Å². The second-order valence-corrected chi connectivity index (χ2v) is 8.59. The van der Waals surface area contributed by atoms with E-state index in [1.165, 1.54) is 42.5 Å². The standard InChI is InChI=1S/C24H24N2O8/c1-25-21(27)11-7-9-13(19(33-5)15(11)23(25)29)18(32-4)14-10(17(9)31-3)8-12-16(20(14)34-6)24(30)26(2)22(12)28/h11-12H,7-8H2,1-6H3. The number of methoxy groups -OCH3 is 4. The van der Waals surface area contributed by atoms with Crippen LogP contribution in [0.5, 0.6) is 11.5 Å². The number of likely N-dealkylation sites (tertiary alicyclic amines) is 2. The van der Waals surface area contributed by atoms with Crippen molar-refractivity contribution in [2.75, 3.05) is 42.5 Å². The zero-order valence-corrected chi connectivity index (χ0v) is 19.7. The van der Waals surface area contributed by atoms with Gasteiger partial charge < -0.3 is 18.9 Å². The van der Waals surface area contributed by atoms with E-state index >= 15 is 0 Å². The first kappa shape index (κ1) is 22.0. The summed E-state index contributed by atoms with van der Waals surface area (Å²) in [7, 11) is 8.70. The van der Waals surface area contributed by atoms with Crippen molar-refractivity contribution in [3.8, 4) is 11.5 Å². The molecule has 1 aromatic carbocycles. The molecule has 2 aliphatic heterocycles. The van der Waals surface area contributed by atoms with Gasteiger partial charge in [0, 0.05) is 25.2 Å². The quantitative estimate of drug-likeness (QED) is 0.596. The summed E-state index contributed by atoms with van der Waals surface area (Å²) in [6.07, 6.45) is 0.408. The number of amides is 4. The molecule has 0 radical (unpaired) electrons. The molecule has 0 aromatic heterocycles. The Morgan fingerprint density at radius 3 is 1.32 bits per heavy atom. The van der Waals surface area contributed by atoms with Gasteiger partial charge in [-0.3, -0.25) is 29.0 Å². The Morgan fingerprint density at radius 2 is 1.00 bits per heavy atom. The predicted molar refractivity (Wildman–Crippen MR) is 117 cm³/mol. The lowest BCUT2D eigenvalue weighted by molar-refractivity contribution is -0.138. The molecule has 10 heteroatoms. The van der Waals surface area contributed by atoms with Crippen molar-refractivity contribution in [2.24, 2.45) is 11.8 Å². The van der Waals surface area contributed by atoms with E-state index in [0.717, 1.165) is 9.80 Å². The minimum atomic E-state index is -0.714. The highest BCUT2D eigenvalue weighted by Crippen LogP contribution is 2.55. The van der Waals surface area contributed by atoms with Crippen molar-refractivity contribution in [3.05, 3.63) is 33.4 Å². The summed E-state index contributed by atoms with van der Waals surface area (Å²) in [5.41, 5.74) is 2.75. The monoisotopic (exact) mass is 468 g/mol. The minimum absolute atomic E-state index is 0.204. The highest BCUT2D eigenvalue weighted by Gasteiger charge is 2.52. The molecule has 0 bridgehead atoms. The molecule has 0 N–H and O–H groups in total. The van der Waals surface area contributed by atoms with Gasteiger partial charge in [0.15, 0.2) is 0 Å². The van der Waals surface area contributed by atoms with Crippen molar-refractivity contribution in [1.29, 1.82) is 0 Å². The van der Waals surface area contributed by atoms with Crippen molar-refractivity contribution < 1.29 is 38.1 Å². The molecule has 2 unspecified atom stereocenters. The van der Waals surface area contributed by atoms with Crippen LogP contribution in [0, 0.1) is 11.8 Å². The van der Waals surface area contributed by atoms with Crippen LogP contribution in [-0.4, -0.2) is 76.0 Å². The number of nitrogens with zero attached hydrogens (tertiary/aromatic N) is 2. The second-order valence-electron chi connectivity index (χ2n) is 8.59. The number of carbonyl (C=O) groups is 4. The Bertz CT molecular complexity index is 1180.